The van der Waals surface area contributed by atoms with E-state index in [0.717, 1.165) is 31.9 Å². The van der Waals surface area contributed by atoms with Crippen LogP contribution in [0.4, 0.5) is 5.69 Å². The highest BCUT2D eigenvalue weighted by Gasteiger charge is 2.28. The Labute approximate surface area is 121 Å². The highest BCUT2D eigenvalue weighted by Crippen LogP contribution is 2.19. The molecule has 0 bridgehead atoms. The average molecular weight is 276 g/mol. The first kappa shape index (κ1) is 14.8. The molecule has 1 N–H and O–H groups in total. The summed E-state index contributed by atoms with van der Waals surface area (Å²) in [6, 6.07) is 1.78. The maximum atomic E-state index is 12.6. The van der Waals surface area contributed by atoms with Crippen LogP contribution in [-0.4, -0.2) is 59.5 Å². The molecule has 1 aliphatic heterocycles. The summed E-state index contributed by atoms with van der Waals surface area (Å²) in [6.07, 6.45) is 3.36. The number of aromatic nitrogens is 1. The van der Waals surface area contributed by atoms with E-state index in [4.69, 9.17) is 0 Å². The third-order valence-corrected chi connectivity index (χ3v) is 3.84. The number of carbonyl (C=O) groups excluding carboxylic acids is 1. The molecule has 1 saturated heterocycles. The minimum atomic E-state index is 0.0882. The van der Waals surface area contributed by atoms with Gasteiger partial charge in [0.05, 0.1) is 17.4 Å². The van der Waals surface area contributed by atoms with Gasteiger partial charge in [-0.05, 0) is 26.8 Å². The topological polar surface area (TPSA) is 48.5 Å². The van der Waals surface area contributed by atoms with E-state index in [1.165, 1.54) is 0 Å². The zero-order valence-electron chi connectivity index (χ0n) is 12.8. The number of anilines is 1. The van der Waals surface area contributed by atoms with Crippen LogP contribution in [0.3, 0.4) is 0 Å². The van der Waals surface area contributed by atoms with Gasteiger partial charge in [0.25, 0.3) is 5.91 Å². The van der Waals surface area contributed by atoms with E-state index in [0.29, 0.717) is 5.56 Å². The Bertz CT molecular complexity index is 473. The normalized spacial score (nSPS) is 17.1. The van der Waals surface area contributed by atoms with Gasteiger partial charge in [0.15, 0.2) is 0 Å². The lowest BCUT2D eigenvalue weighted by molar-refractivity contribution is 0.0452. The molecule has 1 aliphatic rings. The maximum absolute atomic E-state index is 12.6. The zero-order valence-corrected chi connectivity index (χ0v) is 12.8. The van der Waals surface area contributed by atoms with Crippen LogP contribution in [0.1, 0.15) is 31.1 Å². The predicted molar refractivity (Wildman–Crippen MR) is 81.0 cm³/mol. The van der Waals surface area contributed by atoms with Crippen LogP contribution < -0.4 is 5.32 Å². The largest absolute Gasteiger partial charge is 0.386 e. The minimum Gasteiger partial charge on any atom is -0.386 e. The third kappa shape index (κ3) is 3.10. The van der Waals surface area contributed by atoms with Crippen molar-refractivity contribution in [1.82, 2.24) is 14.8 Å². The fraction of sp³-hybridized carbons (Fsp3) is 0.600. The highest BCUT2D eigenvalue weighted by molar-refractivity contribution is 5.99. The van der Waals surface area contributed by atoms with Gasteiger partial charge in [-0.2, -0.15) is 0 Å². The fourth-order valence-corrected chi connectivity index (χ4v) is 2.53. The van der Waals surface area contributed by atoms with Gasteiger partial charge in [-0.1, -0.05) is 0 Å². The molecule has 0 unspecified atom stereocenters. The number of hydrogen-bond donors (Lipinski definition) is 1. The second kappa shape index (κ2) is 5.79. The van der Waals surface area contributed by atoms with E-state index in [1.54, 1.807) is 18.5 Å². The first-order chi connectivity index (χ1) is 9.43. The van der Waals surface area contributed by atoms with Crippen molar-refractivity contribution in [3.63, 3.8) is 0 Å². The van der Waals surface area contributed by atoms with Crippen molar-refractivity contribution in [3.8, 4) is 0 Å². The summed E-state index contributed by atoms with van der Waals surface area (Å²) >= 11 is 0. The van der Waals surface area contributed by atoms with Gasteiger partial charge < -0.3 is 10.2 Å². The molecule has 2 heterocycles. The van der Waals surface area contributed by atoms with Gasteiger partial charge in [0, 0.05) is 45.0 Å². The Hall–Kier alpha value is -1.62. The van der Waals surface area contributed by atoms with E-state index < -0.39 is 0 Å². The van der Waals surface area contributed by atoms with Gasteiger partial charge in [-0.3, -0.25) is 14.7 Å². The molecule has 0 spiro atoms. The predicted octanol–water partition coefficient (Wildman–Crippen LogP) is 1.68. The number of pyridine rings is 1. The molecule has 5 nitrogen and oxygen atoms in total. The van der Waals surface area contributed by atoms with E-state index >= 15 is 0 Å². The van der Waals surface area contributed by atoms with Crippen molar-refractivity contribution in [1.29, 1.82) is 0 Å². The van der Waals surface area contributed by atoms with E-state index in [-0.39, 0.29) is 11.4 Å². The van der Waals surface area contributed by atoms with E-state index in [9.17, 15) is 4.79 Å². The summed E-state index contributed by atoms with van der Waals surface area (Å²) in [5.41, 5.74) is 1.66. The Morgan fingerprint density at radius 1 is 1.25 bits per heavy atom. The standard InChI is InChI=1S/C15H24N4O/c1-15(2,3)19-9-7-18(8-10-19)14(20)12-5-6-17-11-13(12)16-4/h5-6,11,16H,7-10H2,1-4H3. The number of piperazine rings is 1. The van der Waals surface area contributed by atoms with Crippen molar-refractivity contribution < 1.29 is 4.79 Å². The molecule has 1 aromatic heterocycles. The van der Waals surface area contributed by atoms with Gasteiger partial charge >= 0.3 is 0 Å². The fourth-order valence-electron chi connectivity index (χ4n) is 2.53. The number of carbonyl (C=O) groups is 1. The molecule has 2 rings (SSSR count). The molecular weight excluding hydrogens is 252 g/mol. The number of nitrogens with one attached hydrogen (secondary N) is 1. The van der Waals surface area contributed by atoms with Crippen LogP contribution in [0.15, 0.2) is 18.5 Å². The lowest BCUT2D eigenvalue weighted by Crippen LogP contribution is -2.54. The van der Waals surface area contributed by atoms with Crippen molar-refractivity contribution in [2.75, 3.05) is 38.5 Å². The molecule has 1 fully saturated rings. The van der Waals surface area contributed by atoms with E-state index in [2.05, 4.69) is 36.0 Å². The minimum absolute atomic E-state index is 0.0882. The first-order valence-corrected chi connectivity index (χ1v) is 7.09. The van der Waals surface area contributed by atoms with Gasteiger partial charge in [0.2, 0.25) is 0 Å². The molecule has 0 aliphatic carbocycles. The van der Waals surface area contributed by atoms with Gasteiger partial charge in [0.1, 0.15) is 0 Å². The Kier molecular flexibility index (Phi) is 4.28. The first-order valence-electron chi connectivity index (χ1n) is 7.09. The highest BCUT2D eigenvalue weighted by atomic mass is 16.2. The van der Waals surface area contributed by atoms with Crippen LogP contribution in [0, 0.1) is 0 Å². The molecule has 1 amide bonds. The van der Waals surface area contributed by atoms with Gasteiger partial charge in [-0.15, -0.1) is 0 Å². The monoisotopic (exact) mass is 276 g/mol. The Balaban J connectivity index is 2.05. The molecule has 5 heteroatoms. The SMILES string of the molecule is CNc1cnccc1C(=O)N1CCN(C(C)(C)C)CC1. The molecule has 0 saturated carbocycles. The van der Waals surface area contributed by atoms with Crippen LogP contribution in [0.2, 0.25) is 0 Å². The molecule has 1 aromatic rings. The number of hydrogen-bond acceptors (Lipinski definition) is 4. The van der Waals surface area contributed by atoms with Crippen LogP contribution in [-0.2, 0) is 0 Å². The van der Waals surface area contributed by atoms with Crippen LogP contribution in [0.5, 0.6) is 0 Å². The molecule has 0 aromatic carbocycles. The molecule has 0 atom stereocenters. The third-order valence-electron chi connectivity index (χ3n) is 3.84. The molecular formula is C15H24N4O. The second-order valence-electron chi connectivity index (χ2n) is 6.12. The zero-order chi connectivity index (χ0) is 14.8. The summed E-state index contributed by atoms with van der Waals surface area (Å²) in [5.74, 6) is 0.0882. The lowest BCUT2D eigenvalue weighted by Gasteiger charge is -2.42. The van der Waals surface area contributed by atoms with Gasteiger partial charge in [-0.25, -0.2) is 0 Å². The quantitative estimate of drug-likeness (QED) is 0.893. The van der Waals surface area contributed by atoms with Crippen LogP contribution >= 0.6 is 0 Å². The van der Waals surface area contributed by atoms with E-state index in [1.807, 2.05) is 11.9 Å². The number of rotatable bonds is 2. The maximum Gasteiger partial charge on any atom is 0.256 e. The van der Waals surface area contributed by atoms with Crippen molar-refractivity contribution in [3.05, 3.63) is 24.0 Å². The summed E-state index contributed by atoms with van der Waals surface area (Å²) in [4.78, 5) is 21.0. The molecule has 0 radical (unpaired) electrons. The lowest BCUT2D eigenvalue weighted by atomic mass is 10.0. The molecule has 110 valence electrons. The average Bonchev–Trinajstić information content (AvgIpc) is 2.45. The van der Waals surface area contributed by atoms with Crippen LogP contribution in [0.25, 0.3) is 0 Å². The summed E-state index contributed by atoms with van der Waals surface area (Å²) in [6.45, 7) is 10.1. The second-order valence-corrected chi connectivity index (χ2v) is 6.12. The Morgan fingerprint density at radius 2 is 1.90 bits per heavy atom. The summed E-state index contributed by atoms with van der Waals surface area (Å²) in [7, 11) is 1.81. The summed E-state index contributed by atoms with van der Waals surface area (Å²) < 4.78 is 0. The molecule has 20 heavy (non-hydrogen) atoms. The van der Waals surface area contributed by atoms with Crippen molar-refractivity contribution >= 4 is 11.6 Å². The summed E-state index contributed by atoms with van der Waals surface area (Å²) in [5, 5.41) is 3.03. The van der Waals surface area contributed by atoms with Crippen molar-refractivity contribution in [2.24, 2.45) is 0 Å². The number of nitrogens with zero attached hydrogens (tertiary/aromatic N) is 3. The smallest absolute Gasteiger partial charge is 0.256 e. The number of amides is 1. The van der Waals surface area contributed by atoms with Crippen molar-refractivity contribution in [2.45, 2.75) is 26.3 Å². The Morgan fingerprint density at radius 3 is 2.45 bits per heavy atom.